The molecule has 0 unspecified atom stereocenters. The van der Waals surface area contributed by atoms with Gasteiger partial charge in [0.2, 0.25) is 0 Å². The highest BCUT2D eigenvalue weighted by Crippen LogP contribution is 2.31. The summed E-state index contributed by atoms with van der Waals surface area (Å²) in [6.45, 7) is 0.0619. The van der Waals surface area contributed by atoms with Crippen LogP contribution in [-0.2, 0) is 4.74 Å². The molecule has 2 aliphatic rings. The number of amides is 2. The fourth-order valence-corrected chi connectivity index (χ4v) is 3.91. The number of rotatable bonds is 5. The summed E-state index contributed by atoms with van der Waals surface area (Å²) in [6.07, 6.45) is 2.87. The fraction of sp³-hybridized carbons (Fsp3) is 0.318. The molecule has 5 nitrogen and oxygen atoms in total. The summed E-state index contributed by atoms with van der Waals surface area (Å²) in [4.78, 5) is 38.7. The minimum atomic E-state index is -0.195. The maximum absolute atomic E-state index is 12.6. The van der Waals surface area contributed by atoms with Gasteiger partial charge >= 0.3 is 0 Å². The van der Waals surface area contributed by atoms with Crippen LogP contribution in [0.3, 0.4) is 0 Å². The Morgan fingerprint density at radius 3 is 2.00 bits per heavy atom. The SMILES string of the molecule is O=C(COC1CCC(N2C(=O)c3ccccc3C2=O)CC1)c1ccccc1. The quantitative estimate of drug-likeness (QED) is 0.603. The van der Waals surface area contributed by atoms with Crippen LogP contribution in [0.4, 0.5) is 0 Å². The summed E-state index contributed by atoms with van der Waals surface area (Å²) >= 11 is 0. The lowest BCUT2D eigenvalue weighted by Crippen LogP contribution is -2.43. The van der Waals surface area contributed by atoms with Crippen molar-refractivity contribution in [3.05, 3.63) is 71.3 Å². The Kier molecular flexibility index (Phi) is 4.86. The molecule has 1 aliphatic carbocycles. The third kappa shape index (κ3) is 3.43. The first kappa shape index (κ1) is 17.6. The van der Waals surface area contributed by atoms with Gasteiger partial charge in [-0.1, -0.05) is 42.5 Å². The second kappa shape index (κ2) is 7.45. The van der Waals surface area contributed by atoms with E-state index >= 15 is 0 Å². The number of hydrogen-bond donors (Lipinski definition) is 0. The van der Waals surface area contributed by atoms with Gasteiger partial charge in [0, 0.05) is 11.6 Å². The zero-order valence-electron chi connectivity index (χ0n) is 15.0. The summed E-state index contributed by atoms with van der Waals surface area (Å²) < 4.78 is 5.79. The van der Waals surface area contributed by atoms with Crippen LogP contribution in [0.2, 0.25) is 0 Å². The monoisotopic (exact) mass is 363 g/mol. The Balaban J connectivity index is 1.32. The molecule has 0 aromatic heterocycles. The highest BCUT2D eigenvalue weighted by molar-refractivity contribution is 6.21. The molecule has 4 rings (SSSR count). The molecule has 2 aromatic carbocycles. The molecule has 5 heteroatoms. The van der Waals surface area contributed by atoms with Crippen molar-refractivity contribution in [1.82, 2.24) is 4.90 Å². The molecule has 0 saturated heterocycles. The van der Waals surface area contributed by atoms with E-state index in [-0.39, 0.29) is 36.4 Å². The van der Waals surface area contributed by atoms with Crippen LogP contribution in [0.25, 0.3) is 0 Å². The first-order valence-corrected chi connectivity index (χ1v) is 9.32. The molecule has 0 atom stereocenters. The minimum absolute atomic E-state index is 0.0101. The fourth-order valence-electron chi connectivity index (χ4n) is 3.91. The Morgan fingerprint density at radius 1 is 0.852 bits per heavy atom. The van der Waals surface area contributed by atoms with E-state index in [1.807, 2.05) is 18.2 Å². The van der Waals surface area contributed by atoms with Crippen molar-refractivity contribution in [2.75, 3.05) is 6.61 Å². The van der Waals surface area contributed by atoms with Crippen molar-refractivity contribution in [2.24, 2.45) is 0 Å². The number of imide groups is 1. The normalized spacial score (nSPS) is 22.0. The zero-order chi connectivity index (χ0) is 18.8. The van der Waals surface area contributed by atoms with Crippen LogP contribution in [0.1, 0.15) is 56.8 Å². The van der Waals surface area contributed by atoms with Crippen LogP contribution >= 0.6 is 0 Å². The highest BCUT2D eigenvalue weighted by atomic mass is 16.5. The largest absolute Gasteiger partial charge is 0.370 e. The van der Waals surface area contributed by atoms with Gasteiger partial charge in [-0.2, -0.15) is 0 Å². The summed E-state index contributed by atoms with van der Waals surface area (Å²) in [7, 11) is 0. The average molecular weight is 363 g/mol. The van der Waals surface area contributed by atoms with Gasteiger partial charge in [0.15, 0.2) is 5.78 Å². The highest BCUT2D eigenvalue weighted by Gasteiger charge is 2.40. The van der Waals surface area contributed by atoms with Gasteiger partial charge in [-0.05, 0) is 37.8 Å². The summed E-state index contributed by atoms with van der Waals surface area (Å²) in [5.41, 5.74) is 1.64. The van der Waals surface area contributed by atoms with Crippen molar-refractivity contribution < 1.29 is 19.1 Å². The van der Waals surface area contributed by atoms with Crippen molar-refractivity contribution in [3.63, 3.8) is 0 Å². The van der Waals surface area contributed by atoms with Crippen molar-refractivity contribution in [3.8, 4) is 0 Å². The van der Waals surface area contributed by atoms with Gasteiger partial charge in [0.05, 0.1) is 17.2 Å². The van der Waals surface area contributed by atoms with Gasteiger partial charge in [0.25, 0.3) is 11.8 Å². The zero-order valence-corrected chi connectivity index (χ0v) is 15.0. The molecule has 1 fully saturated rings. The summed E-state index contributed by atoms with van der Waals surface area (Å²) in [5.74, 6) is -0.420. The summed E-state index contributed by atoms with van der Waals surface area (Å²) in [5, 5.41) is 0. The Hall–Kier alpha value is -2.79. The van der Waals surface area contributed by atoms with Crippen molar-refractivity contribution in [2.45, 2.75) is 37.8 Å². The van der Waals surface area contributed by atoms with E-state index in [2.05, 4.69) is 0 Å². The predicted molar refractivity (Wildman–Crippen MR) is 99.7 cm³/mol. The number of carbonyl (C=O) groups is 3. The van der Waals surface area contributed by atoms with Crippen LogP contribution in [0, 0.1) is 0 Å². The molecular formula is C22H21NO4. The predicted octanol–water partition coefficient (Wildman–Crippen LogP) is 3.49. The molecule has 2 amide bonds. The Bertz CT molecular complexity index is 834. The molecule has 0 bridgehead atoms. The van der Waals surface area contributed by atoms with Gasteiger partial charge in [0.1, 0.15) is 6.61 Å². The molecule has 0 radical (unpaired) electrons. The van der Waals surface area contributed by atoms with E-state index < -0.39 is 0 Å². The first-order valence-electron chi connectivity index (χ1n) is 9.32. The van der Waals surface area contributed by atoms with Crippen molar-refractivity contribution in [1.29, 1.82) is 0 Å². The molecule has 1 heterocycles. The van der Waals surface area contributed by atoms with Crippen LogP contribution in [-0.4, -0.2) is 41.3 Å². The first-order chi connectivity index (χ1) is 13.1. The van der Waals surface area contributed by atoms with E-state index in [1.165, 1.54) is 4.90 Å². The minimum Gasteiger partial charge on any atom is -0.370 e. The molecule has 1 saturated carbocycles. The van der Waals surface area contributed by atoms with E-state index in [4.69, 9.17) is 4.74 Å². The topological polar surface area (TPSA) is 63.7 Å². The second-order valence-corrected chi connectivity index (χ2v) is 7.06. The standard InChI is InChI=1S/C22H21NO4/c24-20(15-6-2-1-3-7-15)14-27-17-12-10-16(11-13-17)23-21(25)18-8-4-5-9-19(18)22(23)26/h1-9,16-17H,10-14H2. The molecular weight excluding hydrogens is 342 g/mol. The van der Waals surface area contributed by atoms with Crippen LogP contribution in [0.5, 0.6) is 0 Å². The number of fused-ring (bicyclic) bond motifs is 1. The van der Waals surface area contributed by atoms with E-state index in [0.717, 1.165) is 12.8 Å². The lowest BCUT2D eigenvalue weighted by molar-refractivity contribution is 0.0126. The van der Waals surface area contributed by atoms with Gasteiger partial charge in [-0.25, -0.2) is 0 Å². The molecule has 0 spiro atoms. The number of nitrogens with zero attached hydrogens (tertiary/aromatic N) is 1. The molecule has 27 heavy (non-hydrogen) atoms. The lowest BCUT2D eigenvalue weighted by Gasteiger charge is -2.33. The van der Waals surface area contributed by atoms with Gasteiger partial charge < -0.3 is 4.74 Å². The number of ketones is 1. The average Bonchev–Trinajstić information content (AvgIpc) is 2.98. The van der Waals surface area contributed by atoms with Gasteiger partial charge in [-0.15, -0.1) is 0 Å². The third-order valence-electron chi connectivity index (χ3n) is 5.38. The maximum Gasteiger partial charge on any atom is 0.261 e. The lowest BCUT2D eigenvalue weighted by atomic mass is 9.91. The van der Waals surface area contributed by atoms with E-state index in [1.54, 1.807) is 36.4 Å². The van der Waals surface area contributed by atoms with Crippen LogP contribution in [0.15, 0.2) is 54.6 Å². The molecule has 0 N–H and O–H groups in total. The van der Waals surface area contributed by atoms with E-state index in [9.17, 15) is 14.4 Å². The number of Topliss-reactive ketones (excluding diaryl/α,β-unsaturated/α-hetero) is 1. The van der Waals surface area contributed by atoms with Crippen LogP contribution < -0.4 is 0 Å². The smallest absolute Gasteiger partial charge is 0.261 e. The number of benzene rings is 2. The second-order valence-electron chi connectivity index (χ2n) is 7.06. The molecule has 138 valence electrons. The third-order valence-corrected chi connectivity index (χ3v) is 5.38. The van der Waals surface area contributed by atoms with E-state index in [0.29, 0.717) is 29.5 Å². The molecule has 1 aliphatic heterocycles. The number of ether oxygens (including phenoxy) is 1. The van der Waals surface area contributed by atoms with Gasteiger partial charge in [-0.3, -0.25) is 19.3 Å². The Labute approximate surface area is 157 Å². The molecule has 2 aromatic rings. The number of hydrogen-bond acceptors (Lipinski definition) is 4. The summed E-state index contributed by atoms with van der Waals surface area (Å²) in [6, 6.07) is 16.0. The Morgan fingerprint density at radius 2 is 1.41 bits per heavy atom. The number of carbonyl (C=O) groups excluding carboxylic acids is 3. The maximum atomic E-state index is 12.6. The van der Waals surface area contributed by atoms with Crippen molar-refractivity contribution >= 4 is 17.6 Å².